The maximum Gasteiger partial charge on any atom is 0.265 e. The van der Waals surface area contributed by atoms with Gasteiger partial charge in [-0.05, 0) is 39.2 Å². The van der Waals surface area contributed by atoms with E-state index < -0.39 is 0 Å². The minimum atomic E-state index is 0.172. The van der Waals surface area contributed by atoms with Crippen LogP contribution < -0.4 is 5.32 Å². The number of aromatic nitrogens is 1. The van der Waals surface area contributed by atoms with Gasteiger partial charge in [0.1, 0.15) is 4.88 Å². The lowest BCUT2D eigenvalue weighted by Gasteiger charge is -2.32. The molecule has 1 aliphatic rings. The smallest absolute Gasteiger partial charge is 0.265 e. The molecule has 0 unspecified atom stereocenters. The van der Waals surface area contributed by atoms with Crippen LogP contribution in [-0.4, -0.2) is 42.0 Å². The summed E-state index contributed by atoms with van der Waals surface area (Å²) in [6, 6.07) is 0.426. The zero-order valence-electron chi connectivity index (χ0n) is 12.9. The van der Waals surface area contributed by atoms with E-state index in [2.05, 4.69) is 24.1 Å². The van der Waals surface area contributed by atoms with Crippen LogP contribution in [0.1, 0.15) is 47.1 Å². The van der Waals surface area contributed by atoms with Crippen LogP contribution in [0, 0.1) is 12.8 Å². The average molecular weight is 295 g/mol. The number of rotatable bonds is 4. The zero-order valence-corrected chi connectivity index (χ0v) is 13.7. The molecule has 112 valence electrons. The topological polar surface area (TPSA) is 45.2 Å². The maximum absolute atomic E-state index is 12.7. The van der Waals surface area contributed by atoms with Crippen LogP contribution in [0.2, 0.25) is 0 Å². The predicted octanol–water partition coefficient (Wildman–Crippen LogP) is 2.47. The Morgan fingerprint density at radius 3 is 2.95 bits per heavy atom. The molecular formula is C15H25N3OS. The molecule has 0 spiro atoms. The molecule has 2 rings (SSSR count). The lowest BCUT2D eigenvalue weighted by Crippen LogP contribution is -2.47. The van der Waals surface area contributed by atoms with E-state index in [9.17, 15) is 4.79 Å². The lowest BCUT2D eigenvalue weighted by molar-refractivity contribution is 0.0701. The monoisotopic (exact) mass is 295 g/mol. The SMILES string of the molecule is CN[C@H]1CCCN(C(=O)c2sc(C)nc2CC(C)C)C1. The van der Waals surface area contributed by atoms with Crippen molar-refractivity contribution in [3.8, 4) is 0 Å². The Labute approximate surface area is 125 Å². The van der Waals surface area contributed by atoms with Crippen LogP contribution in [0.25, 0.3) is 0 Å². The van der Waals surface area contributed by atoms with E-state index in [1.165, 1.54) is 0 Å². The summed E-state index contributed by atoms with van der Waals surface area (Å²) in [5.41, 5.74) is 0.985. The fourth-order valence-electron chi connectivity index (χ4n) is 2.70. The molecule has 1 aromatic rings. The number of carbonyl (C=O) groups excluding carboxylic acids is 1. The summed E-state index contributed by atoms with van der Waals surface area (Å²) >= 11 is 1.54. The second kappa shape index (κ2) is 6.68. The Bertz CT molecular complexity index is 470. The first kappa shape index (κ1) is 15.4. The second-order valence-electron chi connectivity index (χ2n) is 5.99. The van der Waals surface area contributed by atoms with Crippen molar-refractivity contribution >= 4 is 17.2 Å². The second-order valence-corrected chi connectivity index (χ2v) is 7.19. The summed E-state index contributed by atoms with van der Waals surface area (Å²) < 4.78 is 0. The van der Waals surface area contributed by atoms with Gasteiger partial charge >= 0.3 is 0 Å². The number of likely N-dealkylation sites (N-methyl/N-ethyl adjacent to an activating group) is 1. The van der Waals surface area contributed by atoms with E-state index >= 15 is 0 Å². The molecule has 0 saturated carbocycles. The molecule has 2 heterocycles. The van der Waals surface area contributed by atoms with E-state index in [0.717, 1.165) is 47.9 Å². The van der Waals surface area contributed by atoms with Crippen LogP contribution >= 0.6 is 11.3 Å². The third-order valence-electron chi connectivity index (χ3n) is 3.72. The molecular weight excluding hydrogens is 270 g/mol. The number of nitrogens with zero attached hydrogens (tertiary/aromatic N) is 2. The average Bonchev–Trinajstić information content (AvgIpc) is 2.78. The fraction of sp³-hybridized carbons (Fsp3) is 0.733. The largest absolute Gasteiger partial charge is 0.336 e. The molecule has 1 aliphatic heterocycles. The van der Waals surface area contributed by atoms with Crippen LogP contribution in [0.3, 0.4) is 0 Å². The van der Waals surface area contributed by atoms with Crippen molar-refractivity contribution < 1.29 is 4.79 Å². The Balaban J connectivity index is 2.15. The van der Waals surface area contributed by atoms with Crippen molar-refractivity contribution in [2.45, 2.75) is 46.1 Å². The number of nitrogens with one attached hydrogen (secondary N) is 1. The summed E-state index contributed by atoms with van der Waals surface area (Å²) in [6.45, 7) is 8.00. The van der Waals surface area contributed by atoms with Crippen molar-refractivity contribution in [2.24, 2.45) is 5.92 Å². The van der Waals surface area contributed by atoms with Crippen LogP contribution in [0.5, 0.6) is 0 Å². The third-order valence-corrected chi connectivity index (χ3v) is 4.72. The van der Waals surface area contributed by atoms with Crippen molar-refractivity contribution in [1.29, 1.82) is 0 Å². The molecule has 0 radical (unpaired) electrons. The Hall–Kier alpha value is -0.940. The van der Waals surface area contributed by atoms with Gasteiger partial charge in [-0.25, -0.2) is 4.98 Å². The normalized spacial score (nSPS) is 19.6. The number of likely N-dealkylation sites (tertiary alicyclic amines) is 1. The van der Waals surface area contributed by atoms with Gasteiger partial charge in [0.15, 0.2) is 0 Å². The van der Waals surface area contributed by atoms with E-state index in [0.29, 0.717) is 12.0 Å². The molecule has 20 heavy (non-hydrogen) atoms. The first-order valence-electron chi connectivity index (χ1n) is 7.44. The van der Waals surface area contributed by atoms with Gasteiger partial charge < -0.3 is 10.2 Å². The van der Waals surface area contributed by atoms with E-state index in [-0.39, 0.29) is 5.91 Å². The van der Waals surface area contributed by atoms with Gasteiger partial charge in [0.2, 0.25) is 0 Å². The summed E-state index contributed by atoms with van der Waals surface area (Å²) in [7, 11) is 1.97. The van der Waals surface area contributed by atoms with Gasteiger partial charge in [-0.3, -0.25) is 4.79 Å². The van der Waals surface area contributed by atoms with Gasteiger partial charge in [0.05, 0.1) is 10.7 Å². The molecule has 0 aromatic carbocycles. The summed E-state index contributed by atoms with van der Waals surface area (Å²) in [4.78, 5) is 20.1. The van der Waals surface area contributed by atoms with E-state index in [1.807, 2.05) is 18.9 Å². The first-order valence-corrected chi connectivity index (χ1v) is 8.25. The van der Waals surface area contributed by atoms with E-state index in [1.54, 1.807) is 11.3 Å². The summed E-state index contributed by atoms with van der Waals surface area (Å²) in [6.07, 6.45) is 3.12. The van der Waals surface area contributed by atoms with Crippen molar-refractivity contribution in [3.63, 3.8) is 0 Å². The third kappa shape index (κ3) is 3.58. The number of aryl methyl sites for hydroxylation is 1. The molecule has 1 N–H and O–H groups in total. The Morgan fingerprint density at radius 2 is 2.30 bits per heavy atom. The van der Waals surface area contributed by atoms with Crippen molar-refractivity contribution in [1.82, 2.24) is 15.2 Å². The minimum Gasteiger partial charge on any atom is -0.336 e. The summed E-state index contributed by atoms with van der Waals surface area (Å²) in [5.74, 6) is 0.695. The van der Waals surface area contributed by atoms with Gasteiger partial charge in [-0.15, -0.1) is 11.3 Å². The van der Waals surface area contributed by atoms with Gasteiger partial charge in [0.25, 0.3) is 5.91 Å². The minimum absolute atomic E-state index is 0.172. The highest BCUT2D eigenvalue weighted by Crippen LogP contribution is 2.24. The highest BCUT2D eigenvalue weighted by atomic mass is 32.1. The molecule has 1 amide bonds. The molecule has 1 atom stereocenters. The molecule has 0 aliphatic carbocycles. The number of amides is 1. The molecule has 1 fully saturated rings. The summed E-state index contributed by atoms with van der Waals surface area (Å²) in [5, 5.41) is 4.28. The first-order chi connectivity index (χ1) is 9.51. The Morgan fingerprint density at radius 1 is 1.55 bits per heavy atom. The van der Waals surface area contributed by atoms with Gasteiger partial charge in [-0.2, -0.15) is 0 Å². The molecule has 5 heteroatoms. The van der Waals surface area contributed by atoms with E-state index in [4.69, 9.17) is 0 Å². The van der Waals surface area contributed by atoms with Gasteiger partial charge in [0, 0.05) is 19.1 Å². The van der Waals surface area contributed by atoms with Crippen LogP contribution in [0.4, 0.5) is 0 Å². The quantitative estimate of drug-likeness (QED) is 0.928. The number of carbonyl (C=O) groups is 1. The van der Waals surface area contributed by atoms with Crippen molar-refractivity contribution in [3.05, 3.63) is 15.6 Å². The highest BCUT2D eigenvalue weighted by molar-refractivity contribution is 7.13. The highest BCUT2D eigenvalue weighted by Gasteiger charge is 2.27. The standard InChI is InChI=1S/C15H25N3OS/c1-10(2)8-13-14(20-11(3)17-13)15(19)18-7-5-6-12(9-18)16-4/h10,12,16H,5-9H2,1-4H3/t12-/m0/s1. The van der Waals surface area contributed by atoms with Crippen LogP contribution in [-0.2, 0) is 6.42 Å². The van der Waals surface area contributed by atoms with Crippen LogP contribution in [0.15, 0.2) is 0 Å². The lowest BCUT2D eigenvalue weighted by atomic mass is 10.0. The number of thiazole rings is 1. The Kier molecular flexibility index (Phi) is 5.16. The fourth-order valence-corrected chi connectivity index (χ4v) is 3.62. The van der Waals surface area contributed by atoms with Crippen molar-refractivity contribution in [2.75, 3.05) is 20.1 Å². The molecule has 0 bridgehead atoms. The number of hydrogen-bond acceptors (Lipinski definition) is 4. The van der Waals surface area contributed by atoms with Gasteiger partial charge in [-0.1, -0.05) is 13.8 Å². The number of hydrogen-bond donors (Lipinski definition) is 1. The number of piperidine rings is 1. The molecule has 1 saturated heterocycles. The molecule has 4 nitrogen and oxygen atoms in total. The zero-order chi connectivity index (χ0) is 14.7. The maximum atomic E-state index is 12.7. The molecule has 1 aromatic heterocycles. The predicted molar refractivity (Wildman–Crippen MR) is 83.4 cm³/mol.